The van der Waals surface area contributed by atoms with Crippen molar-refractivity contribution in [3.05, 3.63) is 58.8 Å². The largest absolute Gasteiger partial charge is 0.451 e. The lowest BCUT2D eigenvalue weighted by molar-refractivity contribution is 0.0998. The third kappa shape index (κ3) is 2.40. The number of nitrogen functional groups attached to an aromatic ring is 1. The Hall–Kier alpha value is -2.27. The van der Waals surface area contributed by atoms with Crippen LogP contribution in [0.2, 0.25) is 0 Å². The summed E-state index contributed by atoms with van der Waals surface area (Å²) in [5, 5.41) is 3.65. The molecule has 0 aliphatic carbocycles. The molecular weight excluding hydrogens is 320 g/mol. The lowest BCUT2D eigenvalue weighted by atomic mass is 10.2. The number of anilines is 2. The molecule has 0 fully saturated rings. The first-order valence-corrected chi connectivity index (χ1v) is 6.78. The fourth-order valence-corrected chi connectivity index (χ4v) is 2.15. The van der Waals surface area contributed by atoms with E-state index in [9.17, 15) is 4.79 Å². The molecule has 0 aliphatic rings. The van der Waals surface area contributed by atoms with Gasteiger partial charge in [0.25, 0.3) is 5.91 Å². The summed E-state index contributed by atoms with van der Waals surface area (Å²) >= 11 is 3.31. The molecule has 3 rings (SSSR count). The number of benzene rings is 2. The predicted molar refractivity (Wildman–Crippen MR) is 82.7 cm³/mol. The van der Waals surface area contributed by atoms with Gasteiger partial charge in [0.2, 0.25) is 0 Å². The van der Waals surface area contributed by atoms with Crippen LogP contribution in [0, 0.1) is 0 Å². The Morgan fingerprint density at radius 2 is 1.95 bits per heavy atom. The molecule has 0 aliphatic heterocycles. The van der Waals surface area contributed by atoms with Crippen molar-refractivity contribution in [2.45, 2.75) is 0 Å². The zero-order chi connectivity index (χ0) is 14.1. The quantitative estimate of drug-likeness (QED) is 0.697. The van der Waals surface area contributed by atoms with E-state index in [4.69, 9.17) is 10.2 Å². The molecule has 0 bridgehead atoms. The predicted octanol–water partition coefficient (Wildman–Crippen LogP) is 4.03. The van der Waals surface area contributed by atoms with Crippen LogP contribution in [0.15, 0.2) is 57.4 Å². The Morgan fingerprint density at radius 3 is 2.70 bits per heavy atom. The molecule has 0 atom stereocenters. The van der Waals surface area contributed by atoms with E-state index in [1.54, 1.807) is 24.3 Å². The number of carbonyl (C=O) groups excluding carboxylic acids is 1. The molecule has 1 heterocycles. The SMILES string of the molecule is Nc1cc(NC(=O)c2cc3ccccc3o2)ccc1Br. The maximum absolute atomic E-state index is 12.1. The Kier molecular flexibility index (Phi) is 3.20. The van der Waals surface area contributed by atoms with Crippen LogP contribution in [0.25, 0.3) is 11.0 Å². The minimum absolute atomic E-state index is 0.271. The number of hydrogen-bond donors (Lipinski definition) is 2. The first-order valence-electron chi connectivity index (χ1n) is 5.98. The first-order chi connectivity index (χ1) is 9.63. The van der Waals surface area contributed by atoms with Crippen molar-refractivity contribution in [1.29, 1.82) is 0 Å². The molecule has 3 N–H and O–H groups in total. The second-order valence-corrected chi connectivity index (χ2v) is 5.19. The van der Waals surface area contributed by atoms with E-state index in [2.05, 4.69) is 21.2 Å². The van der Waals surface area contributed by atoms with E-state index in [0.717, 1.165) is 9.86 Å². The third-order valence-electron chi connectivity index (χ3n) is 2.90. The normalized spacial score (nSPS) is 10.7. The fourth-order valence-electron chi connectivity index (χ4n) is 1.91. The molecular formula is C15H11BrN2O2. The van der Waals surface area contributed by atoms with E-state index in [1.807, 2.05) is 24.3 Å². The summed E-state index contributed by atoms with van der Waals surface area (Å²) in [6.07, 6.45) is 0. The highest BCUT2D eigenvalue weighted by molar-refractivity contribution is 9.10. The van der Waals surface area contributed by atoms with Gasteiger partial charge in [0.1, 0.15) is 5.58 Å². The number of nitrogens with one attached hydrogen (secondary N) is 1. The second kappa shape index (κ2) is 5.02. The van der Waals surface area contributed by atoms with E-state index < -0.39 is 0 Å². The molecule has 0 saturated carbocycles. The van der Waals surface area contributed by atoms with Crippen LogP contribution in [0.4, 0.5) is 11.4 Å². The molecule has 100 valence electrons. The summed E-state index contributed by atoms with van der Waals surface area (Å²) in [4.78, 5) is 12.1. The number of nitrogens with two attached hydrogens (primary N) is 1. The maximum atomic E-state index is 12.1. The highest BCUT2D eigenvalue weighted by Crippen LogP contribution is 2.24. The highest BCUT2D eigenvalue weighted by Gasteiger charge is 2.12. The van der Waals surface area contributed by atoms with Crippen molar-refractivity contribution in [3.8, 4) is 0 Å². The van der Waals surface area contributed by atoms with Crippen LogP contribution < -0.4 is 11.1 Å². The van der Waals surface area contributed by atoms with Crippen LogP contribution in [0.5, 0.6) is 0 Å². The van der Waals surface area contributed by atoms with E-state index in [0.29, 0.717) is 17.0 Å². The fraction of sp³-hybridized carbons (Fsp3) is 0. The minimum Gasteiger partial charge on any atom is -0.451 e. The van der Waals surface area contributed by atoms with Crippen LogP contribution >= 0.6 is 15.9 Å². The average molecular weight is 331 g/mol. The van der Waals surface area contributed by atoms with Crippen molar-refractivity contribution in [3.63, 3.8) is 0 Å². The van der Waals surface area contributed by atoms with Gasteiger partial charge < -0.3 is 15.5 Å². The van der Waals surface area contributed by atoms with Crippen LogP contribution in [0.1, 0.15) is 10.6 Å². The number of fused-ring (bicyclic) bond motifs is 1. The molecule has 0 spiro atoms. The number of rotatable bonds is 2. The van der Waals surface area contributed by atoms with Gasteiger partial charge in [-0.1, -0.05) is 18.2 Å². The summed E-state index contributed by atoms with van der Waals surface area (Å²) in [6, 6.07) is 14.4. The van der Waals surface area contributed by atoms with Gasteiger partial charge in [0.15, 0.2) is 5.76 Å². The Labute approximate surface area is 123 Å². The molecule has 2 aromatic carbocycles. The number of hydrogen-bond acceptors (Lipinski definition) is 3. The average Bonchev–Trinajstić information content (AvgIpc) is 2.87. The molecule has 5 heteroatoms. The standard InChI is InChI=1S/C15H11BrN2O2/c16-11-6-5-10(8-12(11)17)18-15(19)14-7-9-3-1-2-4-13(9)20-14/h1-8H,17H2,(H,18,19). The van der Waals surface area contributed by atoms with Gasteiger partial charge in [-0.3, -0.25) is 4.79 Å². The summed E-state index contributed by atoms with van der Waals surface area (Å²) in [6.45, 7) is 0. The molecule has 1 amide bonds. The summed E-state index contributed by atoms with van der Waals surface area (Å²) in [7, 11) is 0. The van der Waals surface area contributed by atoms with Crippen molar-refractivity contribution in [2.75, 3.05) is 11.1 Å². The van der Waals surface area contributed by atoms with Gasteiger partial charge in [-0.05, 0) is 46.3 Å². The van der Waals surface area contributed by atoms with Crippen LogP contribution in [0.3, 0.4) is 0 Å². The molecule has 3 aromatic rings. The van der Waals surface area contributed by atoms with Crippen LogP contribution in [-0.4, -0.2) is 5.91 Å². The summed E-state index contributed by atoms with van der Waals surface area (Å²) < 4.78 is 6.29. The van der Waals surface area contributed by atoms with Crippen molar-refractivity contribution >= 4 is 44.2 Å². The zero-order valence-corrected chi connectivity index (χ0v) is 12.0. The van der Waals surface area contributed by atoms with Gasteiger partial charge in [-0.25, -0.2) is 0 Å². The Bertz CT molecular complexity index is 762. The van der Waals surface area contributed by atoms with Crippen molar-refractivity contribution in [2.24, 2.45) is 0 Å². The third-order valence-corrected chi connectivity index (χ3v) is 3.63. The topological polar surface area (TPSA) is 68.3 Å². The number of carbonyl (C=O) groups is 1. The number of para-hydroxylation sites is 1. The maximum Gasteiger partial charge on any atom is 0.291 e. The van der Waals surface area contributed by atoms with E-state index in [1.165, 1.54) is 0 Å². The van der Waals surface area contributed by atoms with Gasteiger partial charge in [-0.15, -0.1) is 0 Å². The smallest absolute Gasteiger partial charge is 0.291 e. The lowest BCUT2D eigenvalue weighted by Crippen LogP contribution is -2.10. The minimum atomic E-state index is -0.303. The van der Waals surface area contributed by atoms with Crippen LogP contribution in [-0.2, 0) is 0 Å². The van der Waals surface area contributed by atoms with Gasteiger partial charge in [0.05, 0.1) is 0 Å². The highest BCUT2D eigenvalue weighted by atomic mass is 79.9. The van der Waals surface area contributed by atoms with Gasteiger partial charge in [0, 0.05) is 21.2 Å². The van der Waals surface area contributed by atoms with E-state index in [-0.39, 0.29) is 11.7 Å². The second-order valence-electron chi connectivity index (χ2n) is 4.34. The molecule has 1 aromatic heterocycles. The van der Waals surface area contributed by atoms with Crippen molar-refractivity contribution in [1.82, 2.24) is 0 Å². The first kappa shape index (κ1) is 12.7. The molecule has 20 heavy (non-hydrogen) atoms. The summed E-state index contributed by atoms with van der Waals surface area (Å²) in [5.41, 5.74) is 7.65. The van der Waals surface area contributed by atoms with Gasteiger partial charge >= 0.3 is 0 Å². The number of halogens is 1. The Morgan fingerprint density at radius 1 is 1.15 bits per heavy atom. The zero-order valence-electron chi connectivity index (χ0n) is 10.4. The Balaban J connectivity index is 1.86. The monoisotopic (exact) mass is 330 g/mol. The summed E-state index contributed by atoms with van der Waals surface area (Å²) in [5.74, 6) is -0.0318. The molecule has 0 unspecified atom stereocenters. The molecule has 4 nitrogen and oxygen atoms in total. The molecule has 0 radical (unpaired) electrons. The van der Waals surface area contributed by atoms with E-state index >= 15 is 0 Å². The number of furan rings is 1. The van der Waals surface area contributed by atoms with Gasteiger partial charge in [-0.2, -0.15) is 0 Å². The lowest BCUT2D eigenvalue weighted by Gasteiger charge is -2.05. The van der Waals surface area contributed by atoms with Crippen molar-refractivity contribution < 1.29 is 9.21 Å². The molecule has 0 saturated heterocycles. The number of amides is 1.